The summed E-state index contributed by atoms with van der Waals surface area (Å²) in [5.41, 5.74) is 2.60. The highest BCUT2D eigenvalue weighted by Crippen LogP contribution is 2.29. The Hall–Kier alpha value is -2.11. The third-order valence-corrected chi connectivity index (χ3v) is 6.62. The van der Waals surface area contributed by atoms with Crippen LogP contribution in [0.2, 0.25) is 0 Å². The van der Waals surface area contributed by atoms with Crippen molar-refractivity contribution in [1.82, 2.24) is 20.5 Å². The minimum Gasteiger partial charge on any atom is -0.484 e. The molecule has 0 spiro atoms. The molecular weight excluding hydrogens is 433 g/mol. The van der Waals surface area contributed by atoms with Crippen molar-refractivity contribution in [1.29, 1.82) is 0 Å². The van der Waals surface area contributed by atoms with E-state index in [1.807, 2.05) is 18.2 Å². The maximum absolute atomic E-state index is 12.8. The van der Waals surface area contributed by atoms with E-state index in [0.29, 0.717) is 38.8 Å². The number of halogens is 3. The predicted octanol–water partition coefficient (Wildman–Crippen LogP) is 2.89. The number of benzene rings is 1. The molecule has 0 bridgehead atoms. The van der Waals surface area contributed by atoms with Crippen LogP contribution in [-0.4, -0.2) is 71.1 Å². The Kier molecular flexibility index (Phi) is 6.54. The number of aliphatic hydroxyl groups is 1. The van der Waals surface area contributed by atoms with Gasteiger partial charge < -0.3 is 25.4 Å². The first-order chi connectivity index (χ1) is 14.8. The van der Waals surface area contributed by atoms with E-state index >= 15 is 0 Å². The molecule has 0 unspecified atom stereocenters. The lowest BCUT2D eigenvalue weighted by molar-refractivity contribution is -0.166. The summed E-state index contributed by atoms with van der Waals surface area (Å²) in [6.07, 6.45) is -2.34. The Bertz CT molecular complexity index is 895. The zero-order valence-corrected chi connectivity index (χ0v) is 17.6. The summed E-state index contributed by atoms with van der Waals surface area (Å²) < 4.78 is 45.4. The molecule has 1 aliphatic carbocycles. The van der Waals surface area contributed by atoms with Crippen LogP contribution in [0.15, 0.2) is 23.7 Å². The molecule has 4 rings (SSSR count). The number of hydrogen-bond acceptors (Lipinski definition) is 6. The van der Waals surface area contributed by atoms with Gasteiger partial charge in [0.15, 0.2) is 0 Å². The minimum absolute atomic E-state index is 0.0623. The molecule has 0 radical (unpaired) electrons. The van der Waals surface area contributed by atoms with Crippen LogP contribution in [0.3, 0.4) is 0 Å². The number of nitrogens with one attached hydrogen (secondary N) is 2. The molecule has 2 fully saturated rings. The van der Waals surface area contributed by atoms with E-state index in [9.17, 15) is 18.0 Å². The topological polar surface area (TPSA) is 86.7 Å². The average Bonchev–Trinajstić information content (AvgIpc) is 3.18. The molecule has 1 aromatic carbocycles. The van der Waals surface area contributed by atoms with Crippen LogP contribution in [0, 0.1) is 0 Å². The number of alkyl halides is 3. The van der Waals surface area contributed by atoms with Gasteiger partial charge in [0, 0.05) is 12.1 Å². The number of amides is 2. The number of aliphatic hydroxyl groups excluding tert-OH is 1. The van der Waals surface area contributed by atoms with Crippen molar-refractivity contribution < 1.29 is 27.8 Å². The van der Waals surface area contributed by atoms with Gasteiger partial charge in [-0.05, 0) is 37.8 Å². The fraction of sp³-hybridized carbons (Fsp3) is 0.600. The number of para-hydroxylation sites is 1. The lowest BCUT2D eigenvalue weighted by Crippen LogP contribution is -2.60. The van der Waals surface area contributed by atoms with E-state index in [2.05, 4.69) is 15.6 Å². The zero-order chi connectivity index (χ0) is 22.0. The van der Waals surface area contributed by atoms with Gasteiger partial charge in [-0.3, -0.25) is 0 Å². The molecule has 31 heavy (non-hydrogen) atoms. The first-order valence-electron chi connectivity index (χ1n) is 10.3. The molecule has 2 heterocycles. The normalized spacial score (nSPS) is 23.4. The number of carbonyl (C=O) groups excluding carboxylic acids is 1. The highest BCUT2D eigenvalue weighted by atomic mass is 32.1. The molecule has 3 N–H and O–H groups in total. The summed E-state index contributed by atoms with van der Waals surface area (Å²) in [7, 11) is 0. The molecule has 1 saturated carbocycles. The van der Waals surface area contributed by atoms with E-state index in [1.54, 1.807) is 21.7 Å². The Morgan fingerprint density at radius 2 is 1.97 bits per heavy atom. The summed E-state index contributed by atoms with van der Waals surface area (Å²) in [4.78, 5) is 18.4. The number of rotatable bonds is 6. The number of carbonyl (C=O) groups is 1. The molecule has 2 aliphatic rings. The van der Waals surface area contributed by atoms with E-state index in [1.165, 1.54) is 0 Å². The van der Waals surface area contributed by atoms with E-state index < -0.39 is 18.8 Å². The number of aromatic nitrogens is 1. The number of ether oxygens (including phenoxy) is 1. The van der Waals surface area contributed by atoms with Crippen molar-refractivity contribution in [2.75, 3.05) is 19.7 Å². The third kappa shape index (κ3) is 5.21. The Balaban J connectivity index is 1.18. The summed E-state index contributed by atoms with van der Waals surface area (Å²) in [6, 6.07) is 3.31. The van der Waals surface area contributed by atoms with Gasteiger partial charge in [0.1, 0.15) is 23.4 Å². The van der Waals surface area contributed by atoms with Crippen LogP contribution in [0.1, 0.15) is 25.7 Å². The van der Waals surface area contributed by atoms with Crippen molar-refractivity contribution in [3.8, 4) is 5.75 Å². The van der Waals surface area contributed by atoms with Crippen molar-refractivity contribution in [2.24, 2.45) is 0 Å². The van der Waals surface area contributed by atoms with Gasteiger partial charge in [-0.1, -0.05) is 6.07 Å². The van der Waals surface area contributed by atoms with Gasteiger partial charge in [-0.15, -0.1) is 11.3 Å². The SMILES string of the molecule is O=C(NC1CCC(N[C@@H](CO)C(F)(F)F)CC1)N1CC(Oc2cccc3scnc23)C1. The third-order valence-electron chi connectivity index (χ3n) is 5.82. The second-order valence-corrected chi connectivity index (χ2v) is 8.93. The largest absolute Gasteiger partial charge is 0.484 e. The zero-order valence-electron chi connectivity index (χ0n) is 16.8. The number of thiazole rings is 1. The van der Waals surface area contributed by atoms with E-state index in [4.69, 9.17) is 9.84 Å². The summed E-state index contributed by atoms with van der Waals surface area (Å²) in [6.45, 7) is -0.0185. The summed E-state index contributed by atoms with van der Waals surface area (Å²) in [5.74, 6) is 0.717. The second kappa shape index (κ2) is 9.17. The van der Waals surface area contributed by atoms with Crippen molar-refractivity contribution >= 4 is 27.6 Å². The highest BCUT2D eigenvalue weighted by Gasteiger charge is 2.41. The molecule has 1 saturated heterocycles. The molecule has 11 heteroatoms. The standard InChI is InChI=1S/C20H25F3N4O3S/c21-20(22,23)17(10-28)25-12-4-6-13(7-5-12)26-19(29)27-8-14(9-27)30-15-2-1-3-16-18(15)24-11-31-16/h1-3,11-14,17,25,28H,4-10H2,(H,26,29)/t12?,13?,17-/m0/s1. The minimum atomic E-state index is -4.47. The number of fused-ring (bicyclic) bond motifs is 1. The molecule has 1 aromatic heterocycles. The fourth-order valence-corrected chi connectivity index (χ4v) is 4.71. The molecular formula is C20H25F3N4O3S. The van der Waals surface area contributed by atoms with Crippen LogP contribution in [0.5, 0.6) is 5.75 Å². The number of hydrogen-bond donors (Lipinski definition) is 3. The first-order valence-corrected chi connectivity index (χ1v) is 11.2. The highest BCUT2D eigenvalue weighted by molar-refractivity contribution is 7.16. The van der Waals surface area contributed by atoms with Gasteiger partial charge >= 0.3 is 12.2 Å². The Morgan fingerprint density at radius 3 is 2.65 bits per heavy atom. The molecule has 1 aliphatic heterocycles. The summed E-state index contributed by atoms with van der Waals surface area (Å²) >= 11 is 1.55. The van der Waals surface area contributed by atoms with Crippen LogP contribution in [-0.2, 0) is 0 Å². The van der Waals surface area contributed by atoms with Gasteiger partial charge in [0.25, 0.3) is 0 Å². The van der Waals surface area contributed by atoms with Crippen LogP contribution < -0.4 is 15.4 Å². The van der Waals surface area contributed by atoms with Crippen LogP contribution in [0.25, 0.3) is 10.2 Å². The van der Waals surface area contributed by atoms with E-state index in [0.717, 1.165) is 16.0 Å². The lowest BCUT2D eigenvalue weighted by atomic mass is 9.90. The molecule has 7 nitrogen and oxygen atoms in total. The van der Waals surface area contributed by atoms with Crippen molar-refractivity contribution in [3.05, 3.63) is 23.7 Å². The smallest absolute Gasteiger partial charge is 0.406 e. The number of urea groups is 1. The van der Waals surface area contributed by atoms with Gasteiger partial charge in [-0.2, -0.15) is 13.2 Å². The van der Waals surface area contributed by atoms with Gasteiger partial charge in [-0.25, -0.2) is 9.78 Å². The number of nitrogens with zero attached hydrogens (tertiary/aromatic N) is 2. The number of likely N-dealkylation sites (tertiary alicyclic amines) is 1. The summed E-state index contributed by atoms with van der Waals surface area (Å²) in [5, 5.41) is 14.4. The van der Waals surface area contributed by atoms with Crippen LogP contribution in [0.4, 0.5) is 18.0 Å². The Morgan fingerprint density at radius 1 is 1.26 bits per heavy atom. The quantitative estimate of drug-likeness (QED) is 0.620. The van der Waals surface area contributed by atoms with Gasteiger partial charge in [0.05, 0.1) is 29.9 Å². The lowest BCUT2D eigenvalue weighted by Gasteiger charge is -2.40. The first kappa shape index (κ1) is 22.1. The van der Waals surface area contributed by atoms with Gasteiger partial charge in [0.2, 0.25) is 0 Å². The van der Waals surface area contributed by atoms with Crippen molar-refractivity contribution in [2.45, 2.75) is 56.1 Å². The molecule has 2 amide bonds. The van der Waals surface area contributed by atoms with E-state index in [-0.39, 0.29) is 24.2 Å². The maximum atomic E-state index is 12.8. The predicted molar refractivity (Wildman–Crippen MR) is 110 cm³/mol. The second-order valence-electron chi connectivity index (χ2n) is 8.04. The fourth-order valence-electron chi connectivity index (χ4n) is 4.02. The average molecular weight is 459 g/mol. The Labute approximate surface area is 181 Å². The van der Waals surface area contributed by atoms with Crippen molar-refractivity contribution in [3.63, 3.8) is 0 Å². The molecule has 1 atom stereocenters. The van der Waals surface area contributed by atoms with Crippen LogP contribution >= 0.6 is 11.3 Å². The maximum Gasteiger partial charge on any atom is 0.406 e. The molecule has 170 valence electrons. The monoisotopic (exact) mass is 458 g/mol. The molecule has 2 aromatic rings.